The summed E-state index contributed by atoms with van der Waals surface area (Å²) < 4.78 is 28.4. The van der Waals surface area contributed by atoms with Crippen molar-refractivity contribution >= 4 is 55.4 Å². The molecule has 0 bridgehead atoms. The molecule has 0 unspecified atom stereocenters. The molecule has 12 heteroatoms. The van der Waals surface area contributed by atoms with E-state index < -0.39 is 15.9 Å². The third-order valence-corrected chi connectivity index (χ3v) is 5.73. The summed E-state index contributed by atoms with van der Waals surface area (Å²) in [7, 11) is -2.08. The molecule has 0 aliphatic rings. The molecule has 0 fully saturated rings. The smallest absolute Gasteiger partial charge is 0.275 e. The number of sulfonamides is 1. The Morgan fingerprint density at radius 2 is 1.93 bits per heavy atom. The van der Waals surface area contributed by atoms with Crippen molar-refractivity contribution in [2.45, 2.75) is 4.90 Å². The number of aromatic nitrogens is 3. The standard InChI is InChI=1S/C15H14N6O3S3/c1-21-12(6-7-17-21)13(22)19-14(25)18-10-2-4-11(5-3-10)27(23,24)20-15-16-8-9-26-15/h2-9H,1H3,(H,16,20)(H2,18,19,22,25). The van der Waals surface area contributed by atoms with Crippen LogP contribution in [0.2, 0.25) is 0 Å². The number of amides is 1. The van der Waals surface area contributed by atoms with Gasteiger partial charge in [0.05, 0.1) is 4.90 Å². The van der Waals surface area contributed by atoms with Gasteiger partial charge >= 0.3 is 0 Å². The molecule has 0 saturated heterocycles. The van der Waals surface area contributed by atoms with Gasteiger partial charge in [-0.05, 0) is 42.5 Å². The zero-order valence-corrected chi connectivity index (χ0v) is 16.4. The maximum Gasteiger partial charge on any atom is 0.275 e. The summed E-state index contributed by atoms with van der Waals surface area (Å²) >= 11 is 6.29. The van der Waals surface area contributed by atoms with Gasteiger partial charge in [0.25, 0.3) is 15.9 Å². The van der Waals surface area contributed by atoms with Crippen LogP contribution in [0.4, 0.5) is 10.8 Å². The van der Waals surface area contributed by atoms with Gasteiger partial charge in [-0.1, -0.05) is 0 Å². The van der Waals surface area contributed by atoms with Crippen molar-refractivity contribution in [2.24, 2.45) is 7.05 Å². The van der Waals surface area contributed by atoms with Crippen LogP contribution in [0.25, 0.3) is 0 Å². The van der Waals surface area contributed by atoms with Crippen LogP contribution in [0.3, 0.4) is 0 Å². The van der Waals surface area contributed by atoms with E-state index in [2.05, 4.69) is 25.4 Å². The summed E-state index contributed by atoms with van der Waals surface area (Å²) in [6.45, 7) is 0. The Morgan fingerprint density at radius 1 is 1.19 bits per heavy atom. The van der Waals surface area contributed by atoms with Gasteiger partial charge < -0.3 is 5.32 Å². The van der Waals surface area contributed by atoms with E-state index in [-0.39, 0.29) is 15.1 Å². The van der Waals surface area contributed by atoms with Crippen molar-refractivity contribution in [1.29, 1.82) is 0 Å². The topological polar surface area (TPSA) is 118 Å². The van der Waals surface area contributed by atoms with Crippen LogP contribution in [0.1, 0.15) is 10.5 Å². The summed E-state index contributed by atoms with van der Waals surface area (Å²) in [6.07, 6.45) is 3.01. The summed E-state index contributed by atoms with van der Waals surface area (Å²) in [5.41, 5.74) is 0.882. The van der Waals surface area contributed by atoms with E-state index in [1.165, 1.54) is 40.5 Å². The molecule has 0 radical (unpaired) electrons. The maximum atomic E-state index is 12.3. The SMILES string of the molecule is Cn1nccc1C(=O)NC(=S)Nc1ccc(S(=O)(=O)Nc2nccs2)cc1. The number of carbonyl (C=O) groups is 1. The zero-order valence-electron chi connectivity index (χ0n) is 13.9. The lowest BCUT2D eigenvalue weighted by Crippen LogP contribution is -2.35. The van der Waals surface area contributed by atoms with Crippen LogP contribution in [-0.2, 0) is 17.1 Å². The van der Waals surface area contributed by atoms with Crippen LogP contribution in [-0.4, -0.2) is 34.2 Å². The number of anilines is 2. The Balaban J connectivity index is 1.62. The molecule has 9 nitrogen and oxygen atoms in total. The molecule has 0 aliphatic heterocycles. The summed E-state index contributed by atoms with van der Waals surface area (Å²) in [5, 5.41) is 11.3. The fourth-order valence-corrected chi connectivity index (χ4v) is 4.09. The summed E-state index contributed by atoms with van der Waals surface area (Å²) in [4.78, 5) is 16.0. The Bertz CT molecular complexity index is 1060. The number of nitrogens with one attached hydrogen (secondary N) is 3. The van der Waals surface area contributed by atoms with E-state index >= 15 is 0 Å². The predicted molar refractivity (Wildman–Crippen MR) is 106 cm³/mol. The molecule has 2 heterocycles. The van der Waals surface area contributed by atoms with Crippen molar-refractivity contribution < 1.29 is 13.2 Å². The summed E-state index contributed by atoms with van der Waals surface area (Å²) in [6, 6.07) is 7.48. The van der Waals surface area contributed by atoms with Gasteiger partial charge in [-0.25, -0.2) is 13.4 Å². The Labute approximate surface area is 164 Å². The molecule has 0 aliphatic carbocycles. The highest BCUT2D eigenvalue weighted by atomic mass is 32.2. The van der Waals surface area contributed by atoms with E-state index in [1.54, 1.807) is 30.6 Å². The van der Waals surface area contributed by atoms with Crippen molar-refractivity contribution in [2.75, 3.05) is 10.0 Å². The molecule has 0 spiro atoms. The first kappa shape index (κ1) is 18.9. The second-order valence-electron chi connectivity index (χ2n) is 5.22. The van der Waals surface area contributed by atoms with Crippen molar-refractivity contribution in [3.05, 3.63) is 53.8 Å². The minimum atomic E-state index is -3.72. The molecule has 3 aromatic rings. The quantitative estimate of drug-likeness (QED) is 0.537. The maximum absolute atomic E-state index is 12.3. The lowest BCUT2D eigenvalue weighted by molar-refractivity contribution is 0.0968. The minimum Gasteiger partial charge on any atom is -0.332 e. The molecule has 0 atom stereocenters. The van der Waals surface area contributed by atoms with Gasteiger partial charge in [-0.2, -0.15) is 5.10 Å². The number of thiazole rings is 1. The zero-order chi connectivity index (χ0) is 19.4. The molecular weight excluding hydrogens is 408 g/mol. The highest BCUT2D eigenvalue weighted by Crippen LogP contribution is 2.19. The lowest BCUT2D eigenvalue weighted by atomic mass is 10.3. The van der Waals surface area contributed by atoms with Crippen molar-refractivity contribution in [3.8, 4) is 0 Å². The van der Waals surface area contributed by atoms with Crippen LogP contribution in [0.15, 0.2) is 53.0 Å². The average molecular weight is 423 g/mol. The van der Waals surface area contributed by atoms with E-state index in [1.807, 2.05) is 0 Å². The van der Waals surface area contributed by atoms with E-state index in [4.69, 9.17) is 12.2 Å². The van der Waals surface area contributed by atoms with Crippen molar-refractivity contribution in [1.82, 2.24) is 20.1 Å². The first-order valence-electron chi connectivity index (χ1n) is 7.48. The Kier molecular flexibility index (Phi) is 5.48. The van der Waals surface area contributed by atoms with E-state index in [0.29, 0.717) is 11.4 Å². The van der Waals surface area contributed by atoms with Gasteiger partial charge in [-0.15, -0.1) is 11.3 Å². The lowest BCUT2D eigenvalue weighted by Gasteiger charge is -2.10. The number of thiocarbonyl (C=S) groups is 1. The largest absolute Gasteiger partial charge is 0.332 e. The monoisotopic (exact) mass is 422 g/mol. The highest BCUT2D eigenvalue weighted by Gasteiger charge is 2.16. The van der Waals surface area contributed by atoms with Gasteiger partial charge in [0.2, 0.25) is 0 Å². The molecule has 1 amide bonds. The Hall–Kier alpha value is -2.83. The number of benzene rings is 1. The fraction of sp³-hybridized carbons (Fsp3) is 0.0667. The predicted octanol–water partition coefficient (Wildman–Crippen LogP) is 1.80. The molecule has 1 aromatic carbocycles. The van der Waals surface area contributed by atoms with Crippen LogP contribution < -0.4 is 15.4 Å². The number of rotatable bonds is 5. The number of carbonyl (C=O) groups excluding carboxylic acids is 1. The van der Waals surface area contributed by atoms with Crippen LogP contribution >= 0.6 is 23.6 Å². The summed E-state index contributed by atoms with van der Waals surface area (Å²) in [5.74, 6) is -0.403. The van der Waals surface area contributed by atoms with E-state index in [9.17, 15) is 13.2 Å². The first-order chi connectivity index (χ1) is 12.8. The van der Waals surface area contributed by atoms with Gasteiger partial charge in [0.15, 0.2) is 10.2 Å². The Morgan fingerprint density at radius 3 is 2.52 bits per heavy atom. The second kappa shape index (κ2) is 7.82. The number of aryl methyl sites for hydroxylation is 1. The van der Waals surface area contributed by atoms with Gasteiger partial charge in [-0.3, -0.25) is 19.5 Å². The number of hydrogen-bond donors (Lipinski definition) is 3. The molecule has 27 heavy (non-hydrogen) atoms. The van der Waals surface area contributed by atoms with Crippen LogP contribution in [0.5, 0.6) is 0 Å². The molecule has 3 rings (SSSR count). The molecule has 3 N–H and O–H groups in total. The van der Waals surface area contributed by atoms with E-state index in [0.717, 1.165) is 0 Å². The number of nitrogens with zero attached hydrogens (tertiary/aromatic N) is 3. The second-order valence-corrected chi connectivity index (χ2v) is 8.20. The minimum absolute atomic E-state index is 0.0769. The first-order valence-corrected chi connectivity index (χ1v) is 10.2. The van der Waals surface area contributed by atoms with Crippen LogP contribution in [0, 0.1) is 0 Å². The third-order valence-electron chi connectivity index (χ3n) is 3.36. The highest BCUT2D eigenvalue weighted by molar-refractivity contribution is 7.93. The third kappa shape index (κ3) is 4.67. The molecule has 2 aromatic heterocycles. The normalized spacial score (nSPS) is 11.0. The average Bonchev–Trinajstić information content (AvgIpc) is 3.26. The fourth-order valence-electron chi connectivity index (χ4n) is 2.09. The molecule has 140 valence electrons. The molecular formula is C15H14N6O3S3. The van der Waals surface area contributed by atoms with Gasteiger partial charge in [0, 0.05) is 30.5 Å². The number of hydrogen-bond acceptors (Lipinski definition) is 7. The van der Waals surface area contributed by atoms with Crippen molar-refractivity contribution in [3.63, 3.8) is 0 Å². The van der Waals surface area contributed by atoms with Gasteiger partial charge in [0.1, 0.15) is 5.69 Å². The molecule has 0 saturated carbocycles.